The van der Waals surface area contributed by atoms with Gasteiger partial charge < -0.3 is 4.74 Å². The molecule has 0 aliphatic rings. The van der Waals surface area contributed by atoms with Gasteiger partial charge in [0.2, 0.25) is 10.0 Å². The molecule has 0 aliphatic heterocycles. The Morgan fingerprint density at radius 1 is 1.38 bits per heavy atom. The average molecular weight is 390 g/mol. The lowest BCUT2D eigenvalue weighted by Gasteiger charge is -2.18. The van der Waals surface area contributed by atoms with E-state index in [2.05, 4.69) is 20.7 Å². The molecule has 1 aromatic rings. The third-order valence-electron chi connectivity index (χ3n) is 2.75. The topological polar surface area (TPSA) is 55.4 Å². The molecule has 9 heteroatoms. The van der Waals surface area contributed by atoms with Crippen LogP contribution in [-0.2, 0) is 20.9 Å². The van der Waals surface area contributed by atoms with E-state index in [9.17, 15) is 21.6 Å². The van der Waals surface area contributed by atoms with Gasteiger partial charge in [0, 0.05) is 12.4 Å². The summed E-state index contributed by atoms with van der Waals surface area (Å²) in [6.45, 7) is 1.24. The fourth-order valence-corrected chi connectivity index (χ4v) is 3.86. The zero-order chi connectivity index (χ0) is 16.3. The second-order valence-electron chi connectivity index (χ2n) is 4.35. The third kappa shape index (κ3) is 4.67. The summed E-state index contributed by atoms with van der Waals surface area (Å²) in [5.41, 5.74) is -1.30. The van der Waals surface area contributed by atoms with E-state index in [0.717, 1.165) is 25.1 Å². The van der Waals surface area contributed by atoms with Crippen LogP contribution < -0.4 is 4.72 Å². The van der Waals surface area contributed by atoms with E-state index in [4.69, 9.17) is 4.74 Å². The standard InChI is InChI=1S/C12H15BrF3NO3S/c1-8-10(12(14,15)16)4-3-5-11(8)21(18,19)17-9(6-13)7-20-2/h3-5,9,17H,6-7H2,1-2H3. The van der Waals surface area contributed by atoms with Crippen molar-refractivity contribution < 1.29 is 26.3 Å². The second kappa shape index (κ2) is 7.08. The summed E-state index contributed by atoms with van der Waals surface area (Å²) < 4.78 is 70.1. The van der Waals surface area contributed by atoms with Gasteiger partial charge in [-0.05, 0) is 24.6 Å². The number of rotatable bonds is 6. The van der Waals surface area contributed by atoms with Crippen LogP contribution in [0.4, 0.5) is 13.2 Å². The van der Waals surface area contributed by atoms with Crippen LogP contribution in [0.2, 0.25) is 0 Å². The van der Waals surface area contributed by atoms with E-state index in [-0.39, 0.29) is 22.4 Å². The number of alkyl halides is 4. The van der Waals surface area contributed by atoms with Crippen LogP contribution in [0.5, 0.6) is 0 Å². The largest absolute Gasteiger partial charge is 0.416 e. The maximum Gasteiger partial charge on any atom is 0.416 e. The lowest BCUT2D eigenvalue weighted by molar-refractivity contribution is -0.138. The van der Waals surface area contributed by atoms with Crippen LogP contribution in [0.1, 0.15) is 11.1 Å². The van der Waals surface area contributed by atoms with Crippen LogP contribution in [0, 0.1) is 6.92 Å². The van der Waals surface area contributed by atoms with Crippen molar-refractivity contribution in [3.63, 3.8) is 0 Å². The minimum atomic E-state index is -4.60. The molecule has 0 spiro atoms. The average Bonchev–Trinajstić information content (AvgIpc) is 2.36. The van der Waals surface area contributed by atoms with Crippen molar-refractivity contribution >= 4 is 26.0 Å². The Morgan fingerprint density at radius 2 is 2.00 bits per heavy atom. The summed E-state index contributed by atoms with van der Waals surface area (Å²) in [7, 11) is -2.66. The smallest absolute Gasteiger partial charge is 0.383 e. The first-order chi connectivity index (χ1) is 9.63. The molecule has 1 unspecified atom stereocenters. The van der Waals surface area contributed by atoms with Gasteiger partial charge in [-0.25, -0.2) is 13.1 Å². The lowest BCUT2D eigenvalue weighted by Crippen LogP contribution is -2.39. The molecule has 120 valence electrons. The highest BCUT2D eigenvalue weighted by molar-refractivity contribution is 9.09. The minimum Gasteiger partial charge on any atom is -0.383 e. The predicted octanol–water partition coefficient (Wildman–Crippen LogP) is 2.70. The Morgan fingerprint density at radius 3 is 2.48 bits per heavy atom. The van der Waals surface area contributed by atoms with E-state index >= 15 is 0 Å². The molecule has 0 bridgehead atoms. The highest BCUT2D eigenvalue weighted by Crippen LogP contribution is 2.34. The van der Waals surface area contributed by atoms with Crippen LogP contribution >= 0.6 is 15.9 Å². The van der Waals surface area contributed by atoms with E-state index in [1.807, 2.05) is 0 Å². The molecule has 0 saturated heterocycles. The monoisotopic (exact) mass is 389 g/mol. The molecule has 0 aromatic heterocycles. The Labute approximate surface area is 129 Å². The van der Waals surface area contributed by atoms with Gasteiger partial charge in [-0.3, -0.25) is 0 Å². The van der Waals surface area contributed by atoms with E-state index in [1.54, 1.807) is 0 Å². The summed E-state index contributed by atoms with van der Waals surface area (Å²) >= 11 is 3.12. The van der Waals surface area contributed by atoms with Crippen molar-refractivity contribution in [1.82, 2.24) is 4.72 Å². The zero-order valence-electron chi connectivity index (χ0n) is 11.4. The molecule has 4 nitrogen and oxygen atoms in total. The molecule has 0 aliphatic carbocycles. The molecular formula is C12H15BrF3NO3S. The first-order valence-electron chi connectivity index (χ1n) is 5.87. The second-order valence-corrected chi connectivity index (χ2v) is 6.68. The van der Waals surface area contributed by atoms with E-state index < -0.39 is 27.8 Å². The molecular weight excluding hydrogens is 375 g/mol. The van der Waals surface area contributed by atoms with Crippen molar-refractivity contribution in [3.8, 4) is 0 Å². The third-order valence-corrected chi connectivity index (χ3v) is 5.20. The van der Waals surface area contributed by atoms with Crippen LogP contribution in [-0.4, -0.2) is 33.5 Å². The zero-order valence-corrected chi connectivity index (χ0v) is 13.8. The Hall–Kier alpha value is -0.640. The van der Waals surface area contributed by atoms with Gasteiger partial charge in [0.1, 0.15) is 0 Å². The van der Waals surface area contributed by atoms with Crippen molar-refractivity contribution in [1.29, 1.82) is 0 Å². The van der Waals surface area contributed by atoms with E-state index in [0.29, 0.717) is 0 Å². The molecule has 21 heavy (non-hydrogen) atoms. The Kier molecular flexibility index (Phi) is 6.21. The SMILES string of the molecule is COCC(CBr)NS(=O)(=O)c1cccc(C(F)(F)F)c1C. The molecule has 1 atom stereocenters. The molecule has 0 amide bonds. The summed E-state index contributed by atoms with van der Waals surface area (Å²) in [6, 6.07) is 2.49. The fraction of sp³-hybridized carbons (Fsp3) is 0.500. The number of ether oxygens (including phenoxy) is 1. The van der Waals surface area contributed by atoms with Gasteiger partial charge in [0.15, 0.2) is 0 Å². The summed E-state index contributed by atoms with van der Waals surface area (Å²) in [5, 5.41) is 0.276. The van der Waals surface area contributed by atoms with E-state index in [1.165, 1.54) is 7.11 Å². The Balaban J connectivity index is 3.21. The quantitative estimate of drug-likeness (QED) is 0.761. The first kappa shape index (κ1) is 18.4. The van der Waals surface area contributed by atoms with Gasteiger partial charge >= 0.3 is 6.18 Å². The molecule has 1 aromatic carbocycles. The number of benzene rings is 1. The molecule has 1 rings (SSSR count). The van der Waals surface area contributed by atoms with Gasteiger partial charge in [0.25, 0.3) is 0 Å². The van der Waals surface area contributed by atoms with Crippen molar-refractivity contribution in [2.24, 2.45) is 0 Å². The van der Waals surface area contributed by atoms with Crippen molar-refractivity contribution in [2.45, 2.75) is 24.0 Å². The minimum absolute atomic E-state index is 0.0997. The number of methoxy groups -OCH3 is 1. The van der Waals surface area contributed by atoms with Crippen molar-refractivity contribution in [3.05, 3.63) is 29.3 Å². The molecule has 0 radical (unpaired) electrons. The maximum atomic E-state index is 12.8. The van der Waals surface area contributed by atoms with Gasteiger partial charge in [-0.2, -0.15) is 13.2 Å². The number of nitrogens with one attached hydrogen (secondary N) is 1. The molecule has 1 N–H and O–H groups in total. The number of halogens is 4. The maximum absolute atomic E-state index is 12.8. The summed E-state index contributed by atoms with van der Waals surface area (Å²) in [5.74, 6) is 0. The fourth-order valence-electron chi connectivity index (χ4n) is 1.81. The Bertz CT molecular complexity index is 590. The molecule has 0 saturated carbocycles. The highest BCUT2D eigenvalue weighted by atomic mass is 79.9. The molecule has 0 heterocycles. The number of hydrogen-bond acceptors (Lipinski definition) is 3. The van der Waals surface area contributed by atoms with Gasteiger partial charge in [-0.15, -0.1) is 0 Å². The predicted molar refractivity (Wildman–Crippen MR) is 76.0 cm³/mol. The molecule has 0 fully saturated rings. The number of hydrogen-bond donors (Lipinski definition) is 1. The first-order valence-corrected chi connectivity index (χ1v) is 8.48. The van der Waals surface area contributed by atoms with Crippen LogP contribution in [0.3, 0.4) is 0 Å². The van der Waals surface area contributed by atoms with Crippen LogP contribution in [0.15, 0.2) is 23.1 Å². The van der Waals surface area contributed by atoms with Gasteiger partial charge in [-0.1, -0.05) is 22.0 Å². The normalized spacial score (nSPS) is 14.2. The van der Waals surface area contributed by atoms with Crippen molar-refractivity contribution in [2.75, 3.05) is 19.0 Å². The summed E-state index contributed by atoms with van der Waals surface area (Å²) in [4.78, 5) is -0.389. The number of sulfonamides is 1. The van der Waals surface area contributed by atoms with Crippen LogP contribution in [0.25, 0.3) is 0 Å². The van der Waals surface area contributed by atoms with Gasteiger partial charge in [0.05, 0.1) is 23.1 Å². The lowest BCUT2D eigenvalue weighted by atomic mass is 10.1. The highest BCUT2D eigenvalue weighted by Gasteiger charge is 2.34. The summed E-state index contributed by atoms with van der Waals surface area (Å²) in [6.07, 6.45) is -4.60.